The van der Waals surface area contributed by atoms with Crippen molar-refractivity contribution in [3.63, 3.8) is 0 Å². The van der Waals surface area contributed by atoms with E-state index >= 15 is 0 Å². The number of aromatic nitrogens is 3. The van der Waals surface area contributed by atoms with Crippen LogP contribution in [0.15, 0.2) is 63.0 Å². The first-order chi connectivity index (χ1) is 13.0. The van der Waals surface area contributed by atoms with Crippen LogP contribution in [0.4, 0.5) is 0 Å². The summed E-state index contributed by atoms with van der Waals surface area (Å²) < 4.78 is 6.68. The number of rotatable bonds is 4. The molecule has 0 saturated carbocycles. The summed E-state index contributed by atoms with van der Waals surface area (Å²) in [6.45, 7) is 1.83. The number of nitrogens with zero attached hydrogens (tertiary/aromatic N) is 3. The fourth-order valence-corrected chi connectivity index (χ4v) is 3.86. The molecule has 2 aromatic heterocycles. The van der Waals surface area contributed by atoms with Crippen LogP contribution >= 0.6 is 35.0 Å². The first kappa shape index (κ1) is 18.1. The maximum Gasteiger partial charge on any atom is 0.266 e. The molecule has 0 radical (unpaired) electrons. The van der Waals surface area contributed by atoms with Gasteiger partial charge in [-0.15, -0.1) is 0 Å². The molecule has 0 aliphatic carbocycles. The molecule has 0 N–H and O–H groups in total. The van der Waals surface area contributed by atoms with Gasteiger partial charge in [0.05, 0.1) is 22.3 Å². The van der Waals surface area contributed by atoms with Gasteiger partial charge in [0.1, 0.15) is 5.76 Å². The van der Waals surface area contributed by atoms with Crippen LogP contribution in [0.25, 0.3) is 16.6 Å². The molecule has 8 heteroatoms. The van der Waals surface area contributed by atoms with Crippen molar-refractivity contribution in [3.8, 4) is 5.69 Å². The summed E-state index contributed by atoms with van der Waals surface area (Å²) in [6.07, 6.45) is 0. The highest BCUT2D eigenvalue weighted by molar-refractivity contribution is 7.98. The number of hydrogen-bond donors (Lipinski definition) is 0. The Hall–Kier alpha value is -2.28. The van der Waals surface area contributed by atoms with Crippen LogP contribution < -0.4 is 5.56 Å². The number of thioether (sulfide) groups is 1. The predicted octanol–water partition coefficient (Wildman–Crippen LogP) is 5.28. The van der Waals surface area contributed by atoms with Crippen molar-refractivity contribution < 1.29 is 4.52 Å². The maximum atomic E-state index is 13.2. The molecule has 27 heavy (non-hydrogen) atoms. The first-order valence-electron chi connectivity index (χ1n) is 8.04. The van der Waals surface area contributed by atoms with Crippen molar-refractivity contribution in [2.75, 3.05) is 0 Å². The Balaban J connectivity index is 1.86. The van der Waals surface area contributed by atoms with Gasteiger partial charge in [-0.25, -0.2) is 4.98 Å². The summed E-state index contributed by atoms with van der Waals surface area (Å²) in [5.41, 5.74) is 1.85. The fraction of sp³-hybridized carbons (Fsp3) is 0.105. The summed E-state index contributed by atoms with van der Waals surface area (Å²) in [7, 11) is 0. The summed E-state index contributed by atoms with van der Waals surface area (Å²) in [4.78, 5) is 17.8. The molecule has 5 nitrogen and oxygen atoms in total. The molecule has 4 aromatic rings. The number of hydrogen-bond acceptors (Lipinski definition) is 5. The van der Waals surface area contributed by atoms with Gasteiger partial charge < -0.3 is 4.52 Å². The van der Waals surface area contributed by atoms with Crippen LogP contribution in [0.1, 0.15) is 11.5 Å². The Kier molecular flexibility index (Phi) is 4.95. The Morgan fingerprint density at radius 1 is 1.07 bits per heavy atom. The van der Waals surface area contributed by atoms with Crippen LogP contribution in [-0.4, -0.2) is 14.7 Å². The quantitative estimate of drug-likeness (QED) is 0.333. The lowest BCUT2D eigenvalue weighted by atomic mass is 10.2. The van der Waals surface area contributed by atoms with Gasteiger partial charge >= 0.3 is 0 Å². The van der Waals surface area contributed by atoms with E-state index in [1.165, 1.54) is 11.8 Å². The minimum atomic E-state index is -0.169. The molecule has 0 amide bonds. The van der Waals surface area contributed by atoms with Gasteiger partial charge in [0.2, 0.25) is 0 Å². The lowest BCUT2D eigenvalue weighted by molar-refractivity contribution is 0.393. The molecule has 0 aliphatic rings. The van der Waals surface area contributed by atoms with Crippen molar-refractivity contribution in [2.45, 2.75) is 17.8 Å². The zero-order valence-corrected chi connectivity index (χ0v) is 16.5. The Morgan fingerprint density at radius 2 is 1.81 bits per heavy atom. The van der Waals surface area contributed by atoms with Gasteiger partial charge in [-0.1, -0.05) is 40.1 Å². The van der Waals surface area contributed by atoms with E-state index in [1.807, 2.05) is 13.0 Å². The zero-order chi connectivity index (χ0) is 19.0. The second-order valence-electron chi connectivity index (χ2n) is 5.89. The molecule has 4 rings (SSSR count). The van der Waals surface area contributed by atoms with Crippen molar-refractivity contribution in [1.82, 2.24) is 14.7 Å². The first-order valence-corrected chi connectivity index (χ1v) is 9.79. The lowest BCUT2D eigenvalue weighted by Crippen LogP contribution is -2.21. The SMILES string of the molecule is Cc1cc(CSc2nc3cc(Cl)ccc3c(=O)n2-c2ccc(Cl)cc2)no1. The van der Waals surface area contributed by atoms with Crippen LogP contribution in [0.3, 0.4) is 0 Å². The second-order valence-corrected chi connectivity index (χ2v) is 7.71. The van der Waals surface area contributed by atoms with Crippen molar-refractivity contribution in [2.24, 2.45) is 0 Å². The molecule has 136 valence electrons. The van der Waals surface area contributed by atoms with Crippen molar-refractivity contribution in [1.29, 1.82) is 0 Å². The normalized spacial score (nSPS) is 11.2. The number of aryl methyl sites for hydroxylation is 1. The van der Waals surface area contributed by atoms with Gasteiger partial charge in [-0.2, -0.15) is 0 Å². The standard InChI is InChI=1S/C19H13Cl2N3O2S/c1-11-8-14(23-26-11)10-27-19-22-17-9-13(21)4-7-16(17)18(25)24(19)15-5-2-12(20)3-6-15/h2-9H,10H2,1H3. The fourth-order valence-electron chi connectivity index (χ4n) is 2.68. The molecule has 2 aromatic carbocycles. The molecule has 0 saturated heterocycles. The summed E-state index contributed by atoms with van der Waals surface area (Å²) in [5, 5.41) is 6.16. The third-order valence-electron chi connectivity index (χ3n) is 3.91. The molecule has 0 bridgehead atoms. The molecule has 0 aliphatic heterocycles. The molecule has 0 spiro atoms. The van der Waals surface area contributed by atoms with E-state index in [9.17, 15) is 4.79 Å². The van der Waals surface area contributed by atoms with E-state index < -0.39 is 0 Å². The summed E-state index contributed by atoms with van der Waals surface area (Å²) in [5.74, 6) is 1.25. The van der Waals surface area contributed by atoms with E-state index in [4.69, 9.17) is 27.7 Å². The monoisotopic (exact) mass is 417 g/mol. The van der Waals surface area contributed by atoms with E-state index in [2.05, 4.69) is 10.1 Å². The maximum absolute atomic E-state index is 13.2. The third kappa shape index (κ3) is 3.74. The van der Waals surface area contributed by atoms with Gasteiger partial charge in [0, 0.05) is 21.9 Å². The topological polar surface area (TPSA) is 60.9 Å². The molecule has 0 fully saturated rings. The number of benzene rings is 2. The van der Waals surface area contributed by atoms with E-state index in [-0.39, 0.29) is 5.56 Å². The van der Waals surface area contributed by atoms with E-state index in [0.717, 1.165) is 11.5 Å². The van der Waals surface area contributed by atoms with E-state index in [1.54, 1.807) is 47.0 Å². The van der Waals surface area contributed by atoms with Crippen LogP contribution in [0.5, 0.6) is 0 Å². The highest BCUT2D eigenvalue weighted by atomic mass is 35.5. The number of fused-ring (bicyclic) bond motifs is 1. The van der Waals surface area contributed by atoms with E-state index in [0.29, 0.717) is 37.5 Å². The zero-order valence-electron chi connectivity index (χ0n) is 14.1. The Labute approximate surface area is 168 Å². The molecule has 2 heterocycles. The van der Waals surface area contributed by atoms with Crippen molar-refractivity contribution in [3.05, 3.63) is 80.4 Å². The summed E-state index contributed by atoms with van der Waals surface area (Å²) >= 11 is 13.5. The molecular weight excluding hydrogens is 405 g/mol. The Bertz CT molecular complexity index is 1190. The minimum Gasteiger partial charge on any atom is -0.361 e. The van der Waals surface area contributed by atoms with Crippen LogP contribution in [0, 0.1) is 6.92 Å². The summed E-state index contributed by atoms with van der Waals surface area (Å²) in [6, 6.07) is 14.0. The van der Waals surface area contributed by atoms with Crippen LogP contribution in [-0.2, 0) is 5.75 Å². The highest BCUT2D eigenvalue weighted by Crippen LogP contribution is 2.26. The predicted molar refractivity (Wildman–Crippen MR) is 108 cm³/mol. The van der Waals surface area contributed by atoms with Gasteiger partial charge in [-0.3, -0.25) is 9.36 Å². The smallest absolute Gasteiger partial charge is 0.266 e. The number of halogens is 2. The van der Waals surface area contributed by atoms with Crippen LogP contribution in [0.2, 0.25) is 10.0 Å². The van der Waals surface area contributed by atoms with Gasteiger partial charge in [-0.05, 0) is 49.4 Å². The largest absolute Gasteiger partial charge is 0.361 e. The molecular formula is C19H13Cl2N3O2S. The third-order valence-corrected chi connectivity index (χ3v) is 5.37. The average Bonchev–Trinajstić information content (AvgIpc) is 3.06. The molecule has 0 unspecified atom stereocenters. The van der Waals surface area contributed by atoms with Gasteiger partial charge in [0.25, 0.3) is 5.56 Å². The minimum absolute atomic E-state index is 0.169. The average molecular weight is 418 g/mol. The Morgan fingerprint density at radius 3 is 2.52 bits per heavy atom. The lowest BCUT2D eigenvalue weighted by Gasteiger charge is -2.13. The molecule has 0 atom stereocenters. The highest BCUT2D eigenvalue weighted by Gasteiger charge is 2.15. The van der Waals surface area contributed by atoms with Crippen molar-refractivity contribution >= 4 is 45.9 Å². The van der Waals surface area contributed by atoms with Gasteiger partial charge in [0.15, 0.2) is 5.16 Å². The second kappa shape index (κ2) is 7.38.